The smallest absolute Gasteiger partial charge is 0.347 e. The molecule has 0 bridgehead atoms. The van der Waals surface area contributed by atoms with Crippen molar-refractivity contribution in [3.05, 3.63) is 34.3 Å². The second-order valence-electron chi connectivity index (χ2n) is 4.33. The van der Waals surface area contributed by atoms with Crippen molar-refractivity contribution in [3.63, 3.8) is 0 Å². The molecule has 0 aliphatic heterocycles. The Morgan fingerprint density at radius 2 is 1.94 bits per heavy atom. The zero-order valence-electron chi connectivity index (χ0n) is 9.30. The van der Waals surface area contributed by atoms with Crippen molar-refractivity contribution in [2.24, 2.45) is 5.92 Å². The molecule has 2 rings (SSSR count). The van der Waals surface area contributed by atoms with Crippen molar-refractivity contribution in [3.8, 4) is 0 Å². The Hall–Kier alpha value is -1.04. The van der Waals surface area contributed by atoms with Crippen LogP contribution in [0.1, 0.15) is 17.9 Å². The Balaban J connectivity index is 1.87. The number of halogens is 4. The van der Waals surface area contributed by atoms with E-state index >= 15 is 0 Å². The van der Waals surface area contributed by atoms with Crippen LogP contribution in [0, 0.1) is 5.92 Å². The summed E-state index contributed by atoms with van der Waals surface area (Å²) in [5.74, 6) is -0.792. The first-order valence-electron chi connectivity index (χ1n) is 5.47. The summed E-state index contributed by atoms with van der Waals surface area (Å²) >= 11 is 3.30. The second-order valence-corrected chi connectivity index (χ2v) is 5.25. The van der Waals surface area contributed by atoms with Gasteiger partial charge < -0.3 is 5.32 Å². The van der Waals surface area contributed by atoms with E-state index in [1.807, 2.05) is 29.6 Å². The fourth-order valence-electron chi connectivity index (χ4n) is 1.88. The Morgan fingerprint density at radius 1 is 1.33 bits per heavy atom. The number of alkyl halides is 3. The fraction of sp³-hybridized carbons (Fsp3) is 0.417. The maximum Gasteiger partial charge on any atom is 0.405 e. The van der Waals surface area contributed by atoms with Crippen molar-refractivity contribution < 1.29 is 18.0 Å². The highest BCUT2D eigenvalue weighted by atomic mass is 79.9. The molecule has 0 aromatic heterocycles. The van der Waals surface area contributed by atoms with E-state index in [-0.39, 0.29) is 11.8 Å². The largest absolute Gasteiger partial charge is 0.405 e. The number of carbonyl (C=O) groups excluding carboxylic acids is 1. The SMILES string of the molecule is O=C(NCC(F)(F)F)C1CC1c1ccc(Br)cc1. The van der Waals surface area contributed by atoms with Crippen molar-refractivity contribution in [1.82, 2.24) is 5.32 Å². The summed E-state index contributed by atoms with van der Waals surface area (Å²) < 4.78 is 36.8. The predicted molar refractivity (Wildman–Crippen MR) is 64.1 cm³/mol. The summed E-state index contributed by atoms with van der Waals surface area (Å²) in [5, 5.41) is 1.92. The van der Waals surface area contributed by atoms with Gasteiger partial charge in [-0.2, -0.15) is 13.2 Å². The topological polar surface area (TPSA) is 29.1 Å². The molecule has 1 aromatic carbocycles. The monoisotopic (exact) mass is 321 g/mol. The number of hydrogen-bond donors (Lipinski definition) is 1. The first-order chi connectivity index (χ1) is 8.37. The average Bonchev–Trinajstić information content (AvgIpc) is 3.06. The fourth-order valence-corrected chi connectivity index (χ4v) is 2.15. The maximum absolute atomic E-state index is 11.9. The van der Waals surface area contributed by atoms with E-state index in [0.29, 0.717) is 6.42 Å². The molecule has 1 aliphatic rings. The molecule has 2 nitrogen and oxygen atoms in total. The van der Waals surface area contributed by atoms with E-state index < -0.39 is 18.6 Å². The van der Waals surface area contributed by atoms with Crippen LogP contribution < -0.4 is 5.32 Å². The van der Waals surface area contributed by atoms with Gasteiger partial charge in [0.1, 0.15) is 6.54 Å². The van der Waals surface area contributed by atoms with Crippen LogP contribution in [0.5, 0.6) is 0 Å². The summed E-state index contributed by atoms with van der Waals surface area (Å²) in [4.78, 5) is 11.5. The molecule has 98 valence electrons. The van der Waals surface area contributed by atoms with E-state index in [2.05, 4.69) is 15.9 Å². The van der Waals surface area contributed by atoms with Crippen LogP contribution in [0.25, 0.3) is 0 Å². The number of carbonyl (C=O) groups is 1. The number of benzene rings is 1. The lowest BCUT2D eigenvalue weighted by molar-refractivity contribution is -0.139. The number of hydrogen-bond acceptors (Lipinski definition) is 1. The normalized spacial score (nSPS) is 22.7. The standard InChI is InChI=1S/C12H11BrF3NO/c13-8-3-1-7(2-4-8)9-5-10(9)11(18)17-6-12(14,15)16/h1-4,9-10H,5-6H2,(H,17,18). The van der Waals surface area contributed by atoms with Gasteiger partial charge in [-0.25, -0.2) is 0 Å². The summed E-state index contributed by atoms with van der Waals surface area (Å²) in [5.41, 5.74) is 0.991. The quantitative estimate of drug-likeness (QED) is 0.909. The van der Waals surface area contributed by atoms with Crippen LogP contribution >= 0.6 is 15.9 Å². The third kappa shape index (κ3) is 3.48. The lowest BCUT2D eigenvalue weighted by Crippen LogP contribution is -2.34. The molecule has 1 aliphatic carbocycles. The molecule has 0 radical (unpaired) electrons. The molecule has 1 aromatic rings. The van der Waals surface area contributed by atoms with Gasteiger partial charge in [0.2, 0.25) is 5.91 Å². The number of amides is 1. The van der Waals surface area contributed by atoms with Crippen LogP contribution in [0.2, 0.25) is 0 Å². The van der Waals surface area contributed by atoms with E-state index in [4.69, 9.17) is 0 Å². The third-order valence-corrected chi connectivity index (χ3v) is 3.42. The van der Waals surface area contributed by atoms with Gasteiger partial charge >= 0.3 is 6.18 Å². The zero-order chi connectivity index (χ0) is 13.3. The van der Waals surface area contributed by atoms with Crippen LogP contribution in [-0.4, -0.2) is 18.6 Å². The molecular formula is C12H11BrF3NO. The molecule has 1 fully saturated rings. The third-order valence-electron chi connectivity index (χ3n) is 2.89. The molecule has 0 saturated heterocycles. The summed E-state index contributed by atoms with van der Waals surface area (Å²) in [6, 6.07) is 7.48. The molecule has 1 saturated carbocycles. The van der Waals surface area contributed by atoms with Gasteiger partial charge in [-0.3, -0.25) is 4.79 Å². The van der Waals surface area contributed by atoms with Crippen molar-refractivity contribution in [1.29, 1.82) is 0 Å². The molecule has 2 unspecified atom stereocenters. The predicted octanol–water partition coefficient (Wildman–Crippen LogP) is 3.23. The van der Waals surface area contributed by atoms with E-state index in [9.17, 15) is 18.0 Å². The van der Waals surface area contributed by atoms with Crippen LogP contribution in [0.15, 0.2) is 28.7 Å². The molecule has 0 heterocycles. The summed E-state index contributed by atoms with van der Waals surface area (Å²) in [6.45, 7) is -1.25. The van der Waals surface area contributed by atoms with Crippen LogP contribution in [-0.2, 0) is 4.79 Å². The van der Waals surface area contributed by atoms with E-state index in [1.54, 1.807) is 0 Å². The Bertz CT molecular complexity index is 444. The highest BCUT2D eigenvalue weighted by Crippen LogP contribution is 2.47. The molecule has 0 spiro atoms. The van der Waals surface area contributed by atoms with E-state index in [1.165, 1.54) is 0 Å². The maximum atomic E-state index is 11.9. The van der Waals surface area contributed by atoms with Gasteiger partial charge in [0.05, 0.1) is 0 Å². The minimum absolute atomic E-state index is 0.0475. The first kappa shape index (κ1) is 13.4. The molecular weight excluding hydrogens is 311 g/mol. The van der Waals surface area contributed by atoms with Gasteiger partial charge in [0.25, 0.3) is 0 Å². The summed E-state index contributed by atoms with van der Waals surface area (Å²) in [6.07, 6.45) is -3.73. The minimum atomic E-state index is -4.35. The number of nitrogens with one attached hydrogen (secondary N) is 1. The summed E-state index contributed by atoms with van der Waals surface area (Å²) in [7, 11) is 0. The second kappa shape index (κ2) is 4.91. The molecule has 6 heteroatoms. The van der Waals surface area contributed by atoms with Crippen LogP contribution in [0.4, 0.5) is 13.2 Å². The number of rotatable bonds is 3. The molecule has 1 N–H and O–H groups in total. The highest BCUT2D eigenvalue weighted by molar-refractivity contribution is 9.10. The Kier molecular flexibility index (Phi) is 3.66. The lowest BCUT2D eigenvalue weighted by Gasteiger charge is -2.08. The minimum Gasteiger partial charge on any atom is -0.347 e. The van der Waals surface area contributed by atoms with Gasteiger partial charge in [0.15, 0.2) is 0 Å². The van der Waals surface area contributed by atoms with Crippen LogP contribution in [0.3, 0.4) is 0 Å². The lowest BCUT2D eigenvalue weighted by atomic mass is 10.1. The van der Waals surface area contributed by atoms with Crippen molar-refractivity contribution in [2.45, 2.75) is 18.5 Å². The van der Waals surface area contributed by atoms with E-state index in [0.717, 1.165) is 10.0 Å². The molecule has 2 atom stereocenters. The van der Waals surface area contributed by atoms with Crippen molar-refractivity contribution in [2.75, 3.05) is 6.54 Å². The van der Waals surface area contributed by atoms with Gasteiger partial charge in [-0.1, -0.05) is 28.1 Å². The average molecular weight is 322 g/mol. The van der Waals surface area contributed by atoms with Crippen molar-refractivity contribution >= 4 is 21.8 Å². The Morgan fingerprint density at radius 3 is 2.50 bits per heavy atom. The Labute approximate surface area is 111 Å². The molecule has 1 amide bonds. The first-order valence-corrected chi connectivity index (χ1v) is 6.26. The molecule has 18 heavy (non-hydrogen) atoms. The zero-order valence-corrected chi connectivity index (χ0v) is 10.9. The van der Waals surface area contributed by atoms with Gasteiger partial charge in [0, 0.05) is 10.4 Å². The highest BCUT2D eigenvalue weighted by Gasteiger charge is 2.44. The van der Waals surface area contributed by atoms with Gasteiger partial charge in [-0.05, 0) is 30.0 Å². The van der Waals surface area contributed by atoms with Gasteiger partial charge in [-0.15, -0.1) is 0 Å².